The van der Waals surface area contributed by atoms with Crippen LogP contribution in [0.1, 0.15) is 29.8 Å². The zero-order chi connectivity index (χ0) is 14.1. The quantitative estimate of drug-likeness (QED) is 0.766. The van der Waals surface area contributed by atoms with Crippen molar-refractivity contribution >= 4 is 0 Å². The van der Waals surface area contributed by atoms with Crippen LogP contribution < -0.4 is 0 Å². The van der Waals surface area contributed by atoms with Gasteiger partial charge in [0, 0.05) is 0 Å². The molecule has 2 aliphatic rings. The summed E-state index contributed by atoms with van der Waals surface area (Å²) in [5.74, 6) is 0. The molecule has 1 saturated heterocycles. The van der Waals surface area contributed by atoms with Gasteiger partial charge in [0.2, 0.25) is 0 Å². The standard InChI is InChI=1S/C19H18O2/c1-3-8-14(9-4-1)18-19(15-10-5-2-6-11-15)21-17-13-7-12-16(17)20-18/h1-12,16-19H,13H2/t16-,17+,18+,19+/m0/s1. The summed E-state index contributed by atoms with van der Waals surface area (Å²) in [4.78, 5) is 0. The molecule has 2 heteroatoms. The Kier molecular flexibility index (Phi) is 3.34. The van der Waals surface area contributed by atoms with Gasteiger partial charge >= 0.3 is 0 Å². The molecule has 0 spiro atoms. The van der Waals surface area contributed by atoms with Gasteiger partial charge in [-0.3, -0.25) is 0 Å². The highest BCUT2D eigenvalue weighted by atomic mass is 16.6. The van der Waals surface area contributed by atoms with Crippen LogP contribution in [0.2, 0.25) is 0 Å². The Morgan fingerprint density at radius 1 is 0.714 bits per heavy atom. The van der Waals surface area contributed by atoms with E-state index in [-0.39, 0.29) is 24.4 Å². The van der Waals surface area contributed by atoms with Crippen LogP contribution in [-0.4, -0.2) is 12.2 Å². The molecular weight excluding hydrogens is 260 g/mol. The van der Waals surface area contributed by atoms with Gasteiger partial charge in [0.05, 0.1) is 6.10 Å². The molecule has 4 rings (SSSR count). The molecule has 0 amide bonds. The van der Waals surface area contributed by atoms with E-state index in [1.807, 2.05) is 12.1 Å². The third-order valence-electron chi connectivity index (χ3n) is 4.22. The summed E-state index contributed by atoms with van der Waals surface area (Å²) in [6, 6.07) is 20.7. The zero-order valence-corrected chi connectivity index (χ0v) is 11.8. The summed E-state index contributed by atoms with van der Waals surface area (Å²) < 4.78 is 12.7. The maximum Gasteiger partial charge on any atom is 0.114 e. The van der Waals surface area contributed by atoms with Crippen molar-refractivity contribution in [2.45, 2.75) is 30.8 Å². The molecule has 0 saturated carbocycles. The summed E-state index contributed by atoms with van der Waals surface area (Å²) in [7, 11) is 0. The topological polar surface area (TPSA) is 18.5 Å². The van der Waals surface area contributed by atoms with Crippen LogP contribution in [0.4, 0.5) is 0 Å². The molecule has 1 heterocycles. The van der Waals surface area contributed by atoms with Crippen LogP contribution >= 0.6 is 0 Å². The molecule has 4 atom stereocenters. The summed E-state index contributed by atoms with van der Waals surface area (Å²) in [6.07, 6.45) is 5.35. The lowest BCUT2D eigenvalue weighted by Crippen LogP contribution is -2.38. The molecule has 2 aromatic carbocycles. The second-order valence-corrected chi connectivity index (χ2v) is 5.60. The highest BCUT2D eigenvalue weighted by Crippen LogP contribution is 2.43. The molecule has 1 aliphatic heterocycles. The van der Waals surface area contributed by atoms with Gasteiger partial charge in [-0.25, -0.2) is 0 Å². The van der Waals surface area contributed by atoms with Gasteiger partial charge < -0.3 is 9.47 Å². The number of fused-ring (bicyclic) bond motifs is 1. The number of benzene rings is 2. The fourth-order valence-corrected chi connectivity index (χ4v) is 3.16. The number of rotatable bonds is 2. The Balaban J connectivity index is 1.71. The minimum atomic E-state index is -0.0578. The van der Waals surface area contributed by atoms with E-state index in [1.54, 1.807) is 0 Å². The Bertz CT molecular complexity index is 621. The average molecular weight is 278 g/mol. The molecule has 0 bridgehead atoms. The third-order valence-corrected chi connectivity index (χ3v) is 4.22. The van der Waals surface area contributed by atoms with Crippen molar-refractivity contribution in [3.05, 3.63) is 83.9 Å². The zero-order valence-electron chi connectivity index (χ0n) is 11.8. The molecule has 0 unspecified atom stereocenters. The van der Waals surface area contributed by atoms with Crippen molar-refractivity contribution in [1.82, 2.24) is 0 Å². The molecular formula is C19H18O2. The fraction of sp³-hybridized carbons (Fsp3) is 0.263. The van der Waals surface area contributed by atoms with Crippen molar-refractivity contribution in [3.8, 4) is 0 Å². The number of hydrogen-bond acceptors (Lipinski definition) is 2. The average Bonchev–Trinajstić information content (AvgIpc) is 3.03. The molecule has 2 aromatic rings. The molecule has 0 aromatic heterocycles. The van der Waals surface area contributed by atoms with Crippen LogP contribution in [0.3, 0.4) is 0 Å². The Morgan fingerprint density at radius 3 is 1.90 bits per heavy atom. The first-order valence-corrected chi connectivity index (χ1v) is 7.49. The van der Waals surface area contributed by atoms with Gasteiger partial charge in [-0.1, -0.05) is 72.8 Å². The Labute approximate surface area is 125 Å². The van der Waals surface area contributed by atoms with Gasteiger partial charge in [0.15, 0.2) is 0 Å². The van der Waals surface area contributed by atoms with E-state index < -0.39 is 0 Å². The molecule has 1 fully saturated rings. The van der Waals surface area contributed by atoms with Gasteiger partial charge in [-0.2, -0.15) is 0 Å². The fourth-order valence-electron chi connectivity index (χ4n) is 3.16. The molecule has 0 radical (unpaired) electrons. The van der Waals surface area contributed by atoms with Crippen LogP contribution in [0.15, 0.2) is 72.8 Å². The Morgan fingerprint density at radius 2 is 1.29 bits per heavy atom. The minimum Gasteiger partial charge on any atom is -0.364 e. The second kappa shape index (κ2) is 5.47. The van der Waals surface area contributed by atoms with Crippen molar-refractivity contribution in [1.29, 1.82) is 0 Å². The third kappa shape index (κ3) is 2.41. The second-order valence-electron chi connectivity index (χ2n) is 5.60. The van der Waals surface area contributed by atoms with Crippen molar-refractivity contribution in [2.24, 2.45) is 0 Å². The first-order valence-electron chi connectivity index (χ1n) is 7.49. The van der Waals surface area contributed by atoms with E-state index in [0.717, 1.165) is 6.42 Å². The maximum absolute atomic E-state index is 6.38. The van der Waals surface area contributed by atoms with Gasteiger partial charge in [-0.05, 0) is 17.5 Å². The largest absolute Gasteiger partial charge is 0.364 e. The van der Waals surface area contributed by atoms with E-state index >= 15 is 0 Å². The van der Waals surface area contributed by atoms with E-state index in [9.17, 15) is 0 Å². The summed E-state index contributed by atoms with van der Waals surface area (Å²) in [5.41, 5.74) is 2.35. The van der Waals surface area contributed by atoms with Crippen molar-refractivity contribution < 1.29 is 9.47 Å². The molecule has 1 aliphatic carbocycles. The van der Waals surface area contributed by atoms with Crippen molar-refractivity contribution in [2.75, 3.05) is 0 Å². The van der Waals surface area contributed by atoms with E-state index in [0.29, 0.717) is 0 Å². The van der Waals surface area contributed by atoms with Crippen molar-refractivity contribution in [3.63, 3.8) is 0 Å². The first-order chi connectivity index (χ1) is 10.4. The lowest BCUT2D eigenvalue weighted by Gasteiger charge is -2.39. The summed E-state index contributed by atoms with van der Waals surface area (Å²) >= 11 is 0. The van der Waals surface area contributed by atoms with Gasteiger partial charge in [-0.15, -0.1) is 0 Å². The first kappa shape index (κ1) is 12.8. The van der Waals surface area contributed by atoms with Crippen LogP contribution in [-0.2, 0) is 9.47 Å². The predicted octanol–water partition coefficient (Wildman–Crippen LogP) is 4.21. The molecule has 2 nitrogen and oxygen atoms in total. The van der Waals surface area contributed by atoms with E-state index in [2.05, 4.69) is 60.7 Å². The highest BCUT2D eigenvalue weighted by Gasteiger charge is 2.40. The SMILES string of the molecule is C1=C[C@@H]2O[C@H](c3ccccc3)[C@@H](c3ccccc3)O[C@@H]2C1. The monoisotopic (exact) mass is 278 g/mol. The number of hydrogen-bond donors (Lipinski definition) is 0. The maximum atomic E-state index is 6.38. The normalized spacial score (nSPS) is 31.0. The Hall–Kier alpha value is -1.90. The number of ether oxygens (including phenoxy) is 2. The van der Waals surface area contributed by atoms with E-state index in [1.165, 1.54) is 11.1 Å². The molecule has 0 N–H and O–H groups in total. The highest BCUT2D eigenvalue weighted by molar-refractivity contribution is 5.27. The van der Waals surface area contributed by atoms with Crippen LogP contribution in [0.25, 0.3) is 0 Å². The summed E-state index contributed by atoms with van der Waals surface area (Å²) in [6.45, 7) is 0. The van der Waals surface area contributed by atoms with Crippen LogP contribution in [0.5, 0.6) is 0 Å². The van der Waals surface area contributed by atoms with E-state index in [4.69, 9.17) is 9.47 Å². The van der Waals surface area contributed by atoms with Gasteiger partial charge in [0.25, 0.3) is 0 Å². The lowest BCUT2D eigenvalue weighted by atomic mass is 9.96. The minimum absolute atomic E-state index is 0.0465. The van der Waals surface area contributed by atoms with Gasteiger partial charge in [0.1, 0.15) is 18.3 Å². The lowest BCUT2D eigenvalue weighted by molar-refractivity contribution is -0.206. The smallest absolute Gasteiger partial charge is 0.114 e. The van der Waals surface area contributed by atoms with Crippen LogP contribution in [0, 0.1) is 0 Å². The predicted molar refractivity (Wildman–Crippen MR) is 81.9 cm³/mol. The summed E-state index contributed by atoms with van der Waals surface area (Å²) in [5, 5.41) is 0. The molecule has 21 heavy (non-hydrogen) atoms. The molecule has 106 valence electrons.